The highest BCUT2D eigenvalue weighted by atomic mass is 19.1. The van der Waals surface area contributed by atoms with Crippen LogP contribution in [-0.4, -0.2) is 29.2 Å². The number of H-pyrrole nitrogens is 1. The zero-order valence-electron chi connectivity index (χ0n) is 16.7. The molecule has 7 nitrogen and oxygen atoms in total. The topological polar surface area (TPSA) is 103 Å². The van der Waals surface area contributed by atoms with E-state index in [0.29, 0.717) is 40.3 Å². The summed E-state index contributed by atoms with van der Waals surface area (Å²) in [4.78, 5) is 24.0. The molecule has 0 spiro atoms. The van der Waals surface area contributed by atoms with Crippen molar-refractivity contribution in [1.82, 2.24) is 15.0 Å². The lowest BCUT2D eigenvalue weighted by Gasteiger charge is -2.10. The third-order valence-electron chi connectivity index (χ3n) is 4.83. The van der Waals surface area contributed by atoms with Gasteiger partial charge in [-0.05, 0) is 23.8 Å². The van der Waals surface area contributed by atoms with Crippen LogP contribution < -0.4 is 20.8 Å². The lowest BCUT2D eigenvalue weighted by molar-refractivity contribution is 0.355. The Morgan fingerprint density at radius 3 is 2.48 bits per heavy atom. The molecule has 9 heteroatoms. The number of nitrogens with zero attached hydrogens (tertiary/aromatic N) is 2. The maximum Gasteiger partial charge on any atom is 0.258 e. The number of nitrogens with two attached hydrogens (primary N) is 1. The molecular formula is C22H18F2N4O3. The Hall–Kier alpha value is -4.01. The quantitative estimate of drug-likeness (QED) is 0.476. The second kappa shape index (κ2) is 8.02. The number of nitrogens with one attached hydrogen (secondary N) is 1. The third kappa shape index (κ3) is 3.89. The lowest BCUT2D eigenvalue weighted by Crippen LogP contribution is -2.12. The number of nitrogen functional groups attached to an aromatic ring is 1. The van der Waals surface area contributed by atoms with Crippen LogP contribution in [0.25, 0.3) is 22.2 Å². The second-order valence-electron chi connectivity index (χ2n) is 6.81. The second-order valence-corrected chi connectivity index (χ2v) is 6.81. The number of rotatable bonds is 5. The molecule has 31 heavy (non-hydrogen) atoms. The van der Waals surface area contributed by atoms with Gasteiger partial charge in [0.2, 0.25) is 0 Å². The van der Waals surface area contributed by atoms with Crippen molar-refractivity contribution in [2.45, 2.75) is 6.42 Å². The summed E-state index contributed by atoms with van der Waals surface area (Å²) in [5.41, 5.74) is 6.92. The van der Waals surface area contributed by atoms with Crippen LogP contribution in [0.5, 0.6) is 11.5 Å². The van der Waals surface area contributed by atoms with Gasteiger partial charge in [0.05, 0.1) is 36.5 Å². The van der Waals surface area contributed by atoms with Gasteiger partial charge in [-0.2, -0.15) is 0 Å². The van der Waals surface area contributed by atoms with E-state index in [1.54, 1.807) is 24.3 Å². The number of hydrogen-bond donors (Lipinski definition) is 2. The summed E-state index contributed by atoms with van der Waals surface area (Å²) in [6, 6.07) is 8.39. The normalized spacial score (nSPS) is 11.0. The smallest absolute Gasteiger partial charge is 0.258 e. The standard InChI is InChI=1S/C22H18F2N4O3/c1-30-18-8-14-17(9-19(18)31-2)27-20(28-22(14)29)5-11-3-4-16(26-10-11)13-6-12(23)7-15(24)21(13)25/h3-4,6-10H,5,25H2,1-2H3,(H,27,28,29). The van der Waals surface area contributed by atoms with Crippen molar-refractivity contribution in [2.24, 2.45) is 0 Å². The number of halogens is 2. The first kappa shape index (κ1) is 20.3. The summed E-state index contributed by atoms with van der Waals surface area (Å²) < 4.78 is 37.8. The molecule has 3 N–H and O–H groups in total. The number of fused-ring (bicyclic) bond motifs is 1. The Bertz CT molecular complexity index is 1340. The number of hydrogen-bond acceptors (Lipinski definition) is 6. The molecule has 0 amide bonds. The van der Waals surface area contributed by atoms with Gasteiger partial charge in [0, 0.05) is 30.3 Å². The first-order valence-corrected chi connectivity index (χ1v) is 9.24. The summed E-state index contributed by atoms with van der Waals surface area (Å²) in [6.07, 6.45) is 1.83. The van der Waals surface area contributed by atoms with Crippen LogP contribution in [0.1, 0.15) is 11.4 Å². The van der Waals surface area contributed by atoms with E-state index in [9.17, 15) is 13.6 Å². The lowest BCUT2D eigenvalue weighted by atomic mass is 10.1. The van der Waals surface area contributed by atoms with Gasteiger partial charge in [0.1, 0.15) is 17.5 Å². The number of pyridine rings is 1. The van der Waals surface area contributed by atoms with Crippen LogP contribution in [-0.2, 0) is 6.42 Å². The highest BCUT2D eigenvalue weighted by Gasteiger charge is 2.13. The molecule has 0 fully saturated rings. The molecule has 158 valence electrons. The Labute approximate surface area is 175 Å². The van der Waals surface area contributed by atoms with Crippen molar-refractivity contribution < 1.29 is 18.3 Å². The van der Waals surface area contributed by atoms with E-state index in [4.69, 9.17) is 15.2 Å². The van der Waals surface area contributed by atoms with Gasteiger partial charge in [-0.1, -0.05) is 6.07 Å². The average molecular weight is 424 g/mol. The van der Waals surface area contributed by atoms with Crippen LogP contribution in [0.15, 0.2) is 47.4 Å². The van der Waals surface area contributed by atoms with Gasteiger partial charge in [-0.25, -0.2) is 13.8 Å². The highest BCUT2D eigenvalue weighted by molar-refractivity contribution is 5.82. The maximum absolute atomic E-state index is 13.7. The Morgan fingerprint density at radius 2 is 1.81 bits per heavy atom. The predicted molar refractivity (Wildman–Crippen MR) is 112 cm³/mol. The Morgan fingerprint density at radius 1 is 1.06 bits per heavy atom. The fourth-order valence-electron chi connectivity index (χ4n) is 3.28. The van der Waals surface area contributed by atoms with E-state index in [1.807, 2.05) is 0 Å². The molecule has 0 saturated carbocycles. The van der Waals surface area contributed by atoms with Crippen LogP contribution in [0.4, 0.5) is 14.5 Å². The zero-order valence-corrected chi connectivity index (χ0v) is 16.7. The minimum absolute atomic E-state index is 0.169. The molecule has 2 aromatic heterocycles. The van der Waals surface area contributed by atoms with Crippen molar-refractivity contribution in [3.05, 3.63) is 76.0 Å². The molecular weight excluding hydrogens is 406 g/mol. The highest BCUT2D eigenvalue weighted by Crippen LogP contribution is 2.30. The SMILES string of the molecule is COc1cc2nc(Cc3ccc(-c4cc(F)cc(F)c4N)nc3)[nH]c(=O)c2cc1OC. The molecule has 0 radical (unpaired) electrons. The minimum Gasteiger partial charge on any atom is -0.493 e. The number of aromatic nitrogens is 3. The average Bonchev–Trinajstić information content (AvgIpc) is 2.76. The molecule has 2 aromatic carbocycles. The van der Waals surface area contributed by atoms with E-state index in [0.717, 1.165) is 17.7 Å². The number of benzene rings is 2. The van der Waals surface area contributed by atoms with Gasteiger partial charge >= 0.3 is 0 Å². The fraction of sp³-hybridized carbons (Fsp3) is 0.136. The third-order valence-corrected chi connectivity index (χ3v) is 4.83. The zero-order chi connectivity index (χ0) is 22.1. The number of methoxy groups -OCH3 is 2. The Kier molecular flexibility index (Phi) is 5.24. The van der Waals surface area contributed by atoms with Gasteiger partial charge < -0.3 is 20.2 Å². The van der Waals surface area contributed by atoms with Crippen LogP contribution in [0.3, 0.4) is 0 Å². The summed E-state index contributed by atoms with van der Waals surface area (Å²) in [7, 11) is 2.99. The first-order valence-electron chi connectivity index (χ1n) is 9.24. The van der Waals surface area contributed by atoms with Crippen molar-refractivity contribution in [3.63, 3.8) is 0 Å². The Balaban J connectivity index is 1.66. The number of anilines is 1. The summed E-state index contributed by atoms with van der Waals surface area (Å²) in [5, 5.41) is 0.374. The first-order chi connectivity index (χ1) is 14.9. The molecule has 0 saturated heterocycles. The molecule has 0 bridgehead atoms. The van der Waals surface area contributed by atoms with Gasteiger partial charge in [0.25, 0.3) is 5.56 Å². The van der Waals surface area contributed by atoms with E-state index in [2.05, 4.69) is 15.0 Å². The molecule has 4 aromatic rings. The van der Waals surface area contributed by atoms with E-state index < -0.39 is 11.6 Å². The number of ether oxygens (including phenoxy) is 2. The largest absolute Gasteiger partial charge is 0.493 e. The van der Waals surface area contributed by atoms with Crippen LogP contribution in [0.2, 0.25) is 0 Å². The summed E-state index contributed by atoms with van der Waals surface area (Å²) >= 11 is 0. The number of aromatic amines is 1. The molecule has 0 unspecified atom stereocenters. The maximum atomic E-state index is 13.7. The predicted octanol–water partition coefficient (Wildman–Crippen LogP) is 3.45. The molecule has 0 aliphatic rings. The van der Waals surface area contributed by atoms with E-state index in [-0.39, 0.29) is 16.8 Å². The van der Waals surface area contributed by atoms with Crippen LogP contribution in [0, 0.1) is 11.6 Å². The van der Waals surface area contributed by atoms with Crippen molar-refractivity contribution in [2.75, 3.05) is 20.0 Å². The molecule has 2 heterocycles. The molecule has 0 atom stereocenters. The fourth-order valence-corrected chi connectivity index (χ4v) is 3.28. The van der Waals surface area contributed by atoms with Crippen molar-refractivity contribution in [1.29, 1.82) is 0 Å². The minimum atomic E-state index is -0.842. The monoisotopic (exact) mass is 424 g/mol. The van der Waals surface area contributed by atoms with E-state index >= 15 is 0 Å². The summed E-state index contributed by atoms with van der Waals surface area (Å²) in [6.45, 7) is 0. The molecule has 0 aliphatic carbocycles. The summed E-state index contributed by atoms with van der Waals surface area (Å²) in [5.74, 6) is -0.257. The van der Waals surface area contributed by atoms with Gasteiger partial charge in [-0.3, -0.25) is 9.78 Å². The van der Waals surface area contributed by atoms with Crippen molar-refractivity contribution >= 4 is 16.6 Å². The van der Waals surface area contributed by atoms with Crippen LogP contribution >= 0.6 is 0 Å². The van der Waals surface area contributed by atoms with E-state index in [1.165, 1.54) is 20.4 Å². The van der Waals surface area contributed by atoms with Crippen molar-refractivity contribution in [3.8, 4) is 22.8 Å². The van der Waals surface area contributed by atoms with Gasteiger partial charge in [-0.15, -0.1) is 0 Å². The van der Waals surface area contributed by atoms with Gasteiger partial charge in [0.15, 0.2) is 11.5 Å². The molecule has 0 aliphatic heterocycles. The molecule has 4 rings (SSSR count).